The Hall–Kier alpha value is -2.69. The second kappa shape index (κ2) is 9.13. The number of alkyl carbamates (subject to hydrolysis) is 1. The lowest BCUT2D eigenvalue weighted by molar-refractivity contribution is 0.0511. The molecule has 1 atom stereocenters. The lowest BCUT2D eigenvalue weighted by atomic mass is 10.2. The molecule has 0 spiro atoms. The molecular weight excluding hydrogens is 328 g/mol. The molecule has 0 radical (unpaired) electrons. The van der Waals surface area contributed by atoms with E-state index in [0.717, 1.165) is 17.0 Å². The summed E-state index contributed by atoms with van der Waals surface area (Å²) in [5.74, 6) is 0.819. The fourth-order valence-electron chi connectivity index (χ4n) is 2.24. The number of ether oxygens (including phenoxy) is 2. The Labute approximate surface area is 155 Å². The highest BCUT2D eigenvalue weighted by atomic mass is 16.6. The van der Waals surface area contributed by atoms with Crippen molar-refractivity contribution in [2.75, 3.05) is 11.9 Å². The molecule has 0 aliphatic heterocycles. The van der Waals surface area contributed by atoms with Crippen molar-refractivity contribution in [3.8, 4) is 5.75 Å². The van der Waals surface area contributed by atoms with Crippen LogP contribution in [0.5, 0.6) is 5.75 Å². The summed E-state index contributed by atoms with van der Waals surface area (Å²) in [5, 5.41) is 6.10. The third kappa shape index (κ3) is 7.47. The van der Waals surface area contributed by atoms with Gasteiger partial charge < -0.3 is 20.1 Å². The molecule has 26 heavy (non-hydrogen) atoms. The first-order chi connectivity index (χ1) is 12.3. The maximum atomic E-state index is 11.7. The van der Waals surface area contributed by atoms with Crippen molar-refractivity contribution in [3.05, 3.63) is 60.2 Å². The molecule has 0 saturated carbocycles. The quantitative estimate of drug-likeness (QED) is 0.762. The minimum Gasteiger partial charge on any atom is -0.489 e. The van der Waals surface area contributed by atoms with Gasteiger partial charge >= 0.3 is 6.09 Å². The van der Waals surface area contributed by atoms with Crippen molar-refractivity contribution >= 4 is 11.8 Å². The van der Waals surface area contributed by atoms with E-state index in [4.69, 9.17) is 9.47 Å². The summed E-state index contributed by atoms with van der Waals surface area (Å²) in [6.45, 7) is 8.60. The topological polar surface area (TPSA) is 59.6 Å². The van der Waals surface area contributed by atoms with Crippen molar-refractivity contribution in [2.24, 2.45) is 0 Å². The van der Waals surface area contributed by atoms with Gasteiger partial charge in [-0.15, -0.1) is 0 Å². The Morgan fingerprint density at radius 2 is 1.69 bits per heavy atom. The van der Waals surface area contributed by atoms with Crippen LogP contribution >= 0.6 is 0 Å². The molecule has 0 saturated heterocycles. The minimum atomic E-state index is -0.493. The number of hydrogen-bond donors (Lipinski definition) is 2. The fourth-order valence-corrected chi connectivity index (χ4v) is 2.24. The van der Waals surface area contributed by atoms with Crippen LogP contribution in [-0.4, -0.2) is 24.3 Å². The molecule has 140 valence electrons. The van der Waals surface area contributed by atoms with Crippen LogP contribution in [0.1, 0.15) is 33.3 Å². The van der Waals surface area contributed by atoms with Gasteiger partial charge in [0.05, 0.1) is 0 Å². The highest BCUT2D eigenvalue weighted by molar-refractivity contribution is 5.68. The number of carbonyl (C=O) groups is 1. The number of rotatable bonds is 7. The zero-order valence-electron chi connectivity index (χ0n) is 15.9. The number of carbonyl (C=O) groups excluding carboxylic acids is 1. The Balaban J connectivity index is 1.74. The second-order valence-corrected chi connectivity index (χ2v) is 7.23. The van der Waals surface area contributed by atoms with Crippen LogP contribution in [-0.2, 0) is 11.3 Å². The Kier molecular flexibility index (Phi) is 6.89. The zero-order chi connectivity index (χ0) is 19.0. The largest absolute Gasteiger partial charge is 0.489 e. The molecule has 0 aromatic heterocycles. The number of anilines is 1. The summed E-state index contributed by atoms with van der Waals surface area (Å²) in [7, 11) is 0. The predicted octanol–water partition coefficient (Wildman–Crippen LogP) is 4.59. The van der Waals surface area contributed by atoms with Crippen molar-refractivity contribution in [2.45, 2.75) is 45.9 Å². The van der Waals surface area contributed by atoms with Gasteiger partial charge in [-0.1, -0.05) is 30.3 Å². The summed E-state index contributed by atoms with van der Waals surface area (Å²) in [6.07, 6.45) is -0.406. The Morgan fingerprint density at radius 1 is 1.04 bits per heavy atom. The van der Waals surface area contributed by atoms with Gasteiger partial charge in [0.25, 0.3) is 0 Å². The van der Waals surface area contributed by atoms with Gasteiger partial charge in [0.2, 0.25) is 0 Å². The van der Waals surface area contributed by atoms with E-state index in [1.165, 1.54) is 0 Å². The highest BCUT2D eigenvalue weighted by Crippen LogP contribution is 2.17. The van der Waals surface area contributed by atoms with Crippen LogP contribution in [0.4, 0.5) is 10.5 Å². The lowest BCUT2D eigenvalue weighted by Crippen LogP contribution is -2.40. The first kappa shape index (κ1) is 19.6. The van der Waals surface area contributed by atoms with E-state index in [1.807, 2.05) is 82.3 Å². The molecule has 0 fully saturated rings. The smallest absolute Gasteiger partial charge is 0.407 e. The molecule has 1 amide bonds. The molecular formula is C21H28N2O3. The zero-order valence-corrected chi connectivity index (χ0v) is 15.9. The fraction of sp³-hybridized carbons (Fsp3) is 0.381. The van der Waals surface area contributed by atoms with E-state index in [1.54, 1.807) is 0 Å². The Morgan fingerprint density at radius 3 is 2.31 bits per heavy atom. The first-order valence-corrected chi connectivity index (χ1v) is 8.82. The maximum absolute atomic E-state index is 11.7. The molecule has 0 heterocycles. The number of hydrogen-bond acceptors (Lipinski definition) is 4. The third-order valence-corrected chi connectivity index (χ3v) is 3.48. The van der Waals surface area contributed by atoms with Gasteiger partial charge in [0.1, 0.15) is 18.0 Å². The van der Waals surface area contributed by atoms with Gasteiger partial charge in [0.15, 0.2) is 0 Å². The summed E-state index contributed by atoms with van der Waals surface area (Å²) >= 11 is 0. The molecule has 5 heteroatoms. The van der Waals surface area contributed by atoms with Crippen molar-refractivity contribution < 1.29 is 14.3 Å². The molecule has 2 aromatic carbocycles. The molecule has 5 nitrogen and oxygen atoms in total. The average Bonchev–Trinajstić information content (AvgIpc) is 2.58. The molecule has 1 unspecified atom stereocenters. The second-order valence-electron chi connectivity index (χ2n) is 7.23. The van der Waals surface area contributed by atoms with Crippen LogP contribution in [0, 0.1) is 0 Å². The summed E-state index contributed by atoms with van der Waals surface area (Å²) in [5.41, 5.74) is 1.61. The van der Waals surface area contributed by atoms with Gasteiger partial charge in [-0.2, -0.15) is 0 Å². The standard InChI is InChI=1S/C21H28N2O3/c1-16(23-20(24)26-21(2,3)4)14-22-18-10-12-19(13-11-18)25-15-17-8-6-5-7-9-17/h5-13,16,22H,14-15H2,1-4H3,(H,23,24). The van der Waals surface area contributed by atoms with Crippen LogP contribution in [0.15, 0.2) is 54.6 Å². The van der Waals surface area contributed by atoms with E-state index in [9.17, 15) is 4.79 Å². The van der Waals surface area contributed by atoms with Crippen LogP contribution in [0.25, 0.3) is 0 Å². The molecule has 2 rings (SSSR count). The van der Waals surface area contributed by atoms with Gasteiger partial charge in [-0.25, -0.2) is 4.79 Å². The average molecular weight is 356 g/mol. The maximum Gasteiger partial charge on any atom is 0.407 e. The van der Waals surface area contributed by atoms with E-state index in [0.29, 0.717) is 13.2 Å². The number of nitrogens with one attached hydrogen (secondary N) is 2. The third-order valence-electron chi connectivity index (χ3n) is 3.48. The van der Waals surface area contributed by atoms with E-state index in [2.05, 4.69) is 10.6 Å². The van der Waals surface area contributed by atoms with E-state index < -0.39 is 11.7 Å². The molecule has 0 bridgehead atoms. The predicted molar refractivity (Wildman–Crippen MR) is 105 cm³/mol. The molecule has 2 aromatic rings. The summed E-state index contributed by atoms with van der Waals surface area (Å²) < 4.78 is 11.0. The number of amides is 1. The number of benzene rings is 2. The Bertz CT molecular complexity index is 679. The molecule has 0 aliphatic rings. The SMILES string of the molecule is CC(CNc1ccc(OCc2ccccc2)cc1)NC(=O)OC(C)(C)C. The first-order valence-electron chi connectivity index (χ1n) is 8.82. The lowest BCUT2D eigenvalue weighted by Gasteiger charge is -2.22. The monoisotopic (exact) mass is 356 g/mol. The molecule has 0 aliphatic carbocycles. The van der Waals surface area contributed by atoms with Gasteiger partial charge in [0, 0.05) is 18.3 Å². The summed E-state index contributed by atoms with van der Waals surface area (Å²) in [6, 6.07) is 17.8. The highest BCUT2D eigenvalue weighted by Gasteiger charge is 2.17. The van der Waals surface area contributed by atoms with Crippen molar-refractivity contribution in [1.29, 1.82) is 0 Å². The van der Waals surface area contributed by atoms with E-state index >= 15 is 0 Å². The van der Waals surface area contributed by atoms with Gasteiger partial charge in [-0.05, 0) is 57.5 Å². The molecule has 2 N–H and O–H groups in total. The normalized spacial score (nSPS) is 12.2. The van der Waals surface area contributed by atoms with Crippen LogP contribution in [0.3, 0.4) is 0 Å². The van der Waals surface area contributed by atoms with Crippen LogP contribution < -0.4 is 15.4 Å². The minimum absolute atomic E-state index is 0.0566. The summed E-state index contributed by atoms with van der Waals surface area (Å²) in [4.78, 5) is 11.7. The van der Waals surface area contributed by atoms with Crippen molar-refractivity contribution in [3.63, 3.8) is 0 Å². The van der Waals surface area contributed by atoms with Crippen LogP contribution in [0.2, 0.25) is 0 Å². The van der Waals surface area contributed by atoms with E-state index in [-0.39, 0.29) is 6.04 Å². The van der Waals surface area contributed by atoms with Crippen molar-refractivity contribution in [1.82, 2.24) is 5.32 Å². The van der Waals surface area contributed by atoms with Gasteiger partial charge in [-0.3, -0.25) is 0 Å².